The van der Waals surface area contributed by atoms with Crippen LogP contribution in [0.4, 0.5) is 4.39 Å². The number of carbonyl (C=O) groups excluding carboxylic acids is 1. The summed E-state index contributed by atoms with van der Waals surface area (Å²) in [4.78, 5) is 14.9. The highest BCUT2D eigenvalue weighted by Gasteiger charge is 2.63. The van der Waals surface area contributed by atoms with Crippen LogP contribution in [0.15, 0.2) is 18.2 Å². The largest absolute Gasteiger partial charge is 0.491 e. The number of hydrogen-bond donors (Lipinski definition) is 1. The molecule has 0 bridgehead atoms. The molecule has 2 aromatic rings. The molecule has 4 rings (SSSR count). The van der Waals surface area contributed by atoms with Crippen LogP contribution in [0.3, 0.4) is 0 Å². The molecule has 1 aromatic heterocycles. The molecule has 2 atom stereocenters. The summed E-state index contributed by atoms with van der Waals surface area (Å²) >= 11 is 7.88. The van der Waals surface area contributed by atoms with E-state index in [2.05, 4.69) is 26.1 Å². The predicted octanol–water partition coefficient (Wildman–Crippen LogP) is 5.28. The third kappa shape index (κ3) is 3.15. The Morgan fingerprint density at radius 2 is 2.22 bits per heavy atom. The molecule has 1 saturated carbocycles. The number of halogens is 2. The van der Waals surface area contributed by atoms with Gasteiger partial charge in [0.05, 0.1) is 4.88 Å². The van der Waals surface area contributed by atoms with Crippen molar-refractivity contribution in [1.82, 2.24) is 5.32 Å². The van der Waals surface area contributed by atoms with Gasteiger partial charge < -0.3 is 10.1 Å². The van der Waals surface area contributed by atoms with E-state index in [0.717, 1.165) is 16.9 Å². The molecule has 1 amide bonds. The lowest BCUT2D eigenvalue weighted by molar-refractivity contribution is 0.0954. The topological polar surface area (TPSA) is 38.3 Å². The van der Waals surface area contributed by atoms with Crippen molar-refractivity contribution in [1.29, 1.82) is 0 Å². The van der Waals surface area contributed by atoms with Crippen LogP contribution in [-0.2, 0) is 13.0 Å². The van der Waals surface area contributed by atoms with Gasteiger partial charge in [0, 0.05) is 16.4 Å². The summed E-state index contributed by atoms with van der Waals surface area (Å²) in [6.45, 7) is 6.60. The Kier molecular flexibility index (Phi) is 4.71. The summed E-state index contributed by atoms with van der Waals surface area (Å²) < 4.78 is 17.4. The molecule has 0 saturated heterocycles. The van der Waals surface area contributed by atoms with Crippen molar-refractivity contribution in [3.63, 3.8) is 0 Å². The second kappa shape index (κ2) is 6.78. The minimum Gasteiger partial charge on any atom is -0.491 e. The van der Waals surface area contributed by atoms with E-state index >= 15 is 0 Å². The molecule has 0 aliphatic heterocycles. The fraction of sp³-hybridized carbons (Fsp3) is 0.476. The molecular weight excluding hydrogens is 385 g/mol. The number of ether oxygens (including phenoxy) is 1. The van der Waals surface area contributed by atoms with Crippen molar-refractivity contribution in [3.05, 3.63) is 49.7 Å². The number of rotatable bonds is 6. The van der Waals surface area contributed by atoms with Gasteiger partial charge in [0.1, 0.15) is 19.0 Å². The lowest BCUT2D eigenvalue weighted by Gasteiger charge is -2.11. The molecule has 0 unspecified atom stereocenters. The van der Waals surface area contributed by atoms with E-state index < -0.39 is 6.67 Å². The second-order valence-electron chi connectivity index (χ2n) is 7.96. The summed E-state index contributed by atoms with van der Waals surface area (Å²) in [5.74, 6) is 1.81. The second-order valence-corrected chi connectivity index (χ2v) is 9.59. The number of benzene rings is 1. The average Bonchev–Trinajstić information content (AvgIpc) is 2.96. The monoisotopic (exact) mass is 407 g/mol. The maximum atomic E-state index is 12.8. The molecule has 144 valence electrons. The average molecular weight is 408 g/mol. The lowest BCUT2D eigenvalue weighted by Crippen LogP contribution is -2.23. The van der Waals surface area contributed by atoms with Crippen molar-refractivity contribution in [3.8, 4) is 5.75 Å². The number of thiophene rings is 1. The summed E-state index contributed by atoms with van der Waals surface area (Å²) in [7, 11) is 0. The predicted molar refractivity (Wildman–Crippen MR) is 107 cm³/mol. The molecule has 2 aliphatic carbocycles. The van der Waals surface area contributed by atoms with Gasteiger partial charge in [0.25, 0.3) is 5.91 Å². The number of amides is 1. The smallest absolute Gasteiger partial charge is 0.261 e. The summed E-state index contributed by atoms with van der Waals surface area (Å²) in [6, 6.07) is 5.20. The van der Waals surface area contributed by atoms with Crippen LogP contribution in [0.5, 0.6) is 5.75 Å². The first kappa shape index (κ1) is 18.8. The fourth-order valence-corrected chi connectivity index (χ4v) is 5.87. The van der Waals surface area contributed by atoms with Gasteiger partial charge in [-0.3, -0.25) is 4.79 Å². The normalized spacial score (nSPS) is 21.5. The number of alkyl halides is 1. The first-order valence-electron chi connectivity index (χ1n) is 9.22. The molecule has 1 fully saturated rings. The van der Waals surface area contributed by atoms with Crippen molar-refractivity contribution in [2.75, 3.05) is 13.3 Å². The molecule has 1 N–H and O–H groups in total. The fourth-order valence-electron chi connectivity index (χ4n) is 4.49. The SMILES string of the molecule is Cc1sc(C(=O)NCc2ccc(OCCF)cc2Cl)c2c1[C@H]1[C@@H](C2)C1(C)C. The Morgan fingerprint density at radius 1 is 1.44 bits per heavy atom. The van der Waals surface area contributed by atoms with E-state index in [-0.39, 0.29) is 12.5 Å². The number of hydrogen-bond acceptors (Lipinski definition) is 3. The standard InChI is InChI=1S/C21H23ClFNO2S/c1-11-17-14(9-15-18(17)21(15,2)3)19(27-11)20(25)24-10-12-4-5-13(8-16(12)22)26-7-6-23/h4-5,8,15,18H,6-7,9-10H2,1-3H3,(H,24,25)/t15-,18-/m1/s1. The summed E-state index contributed by atoms with van der Waals surface area (Å²) in [5, 5.41) is 3.50. The summed E-state index contributed by atoms with van der Waals surface area (Å²) in [5.41, 5.74) is 3.87. The molecule has 27 heavy (non-hydrogen) atoms. The van der Waals surface area contributed by atoms with Crippen LogP contribution >= 0.6 is 22.9 Å². The Hall–Kier alpha value is -1.59. The molecule has 1 aromatic carbocycles. The molecule has 3 nitrogen and oxygen atoms in total. The van der Waals surface area contributed by atoms with Crippen LogP contribution in [0.25, 0.3) is 0 Å². The van der Waals surface area contributed by atoms with Gasteiger partial charge in [-0.05, 0) is 59.4 Å². The highest BCUT2D eigenvalue weighted by atomic mass is 35.5. The van der Waals surface area contributed by atoms with E-state index in [9.17, 15) is 9.18 Å². The third-order valence-corrected chi connectivity index (χ3v) is 7.55. The minimum atomic E-state index is -0.543. The van der Waals surface area contributed by atoms with Crippen molar-refractivity contribution >= 4 is 28.8 Å². The summed E-state index contributed by atoms with van der Waals surface area (Å²) in [6.07, 6.45) is 1.02. The van der Waals surface area contributed by atoms with E-state index in [0.29, 0.717) is 34.6 Å². The first-order valence-corrected chi connectivity index (χ1v) is 10.4. The zero-order chi connectivity index (χ0) is 19.3. The number of aryl methyl sites for hydroxylation is 1. The van der Waals surface area contributed by atoms with E-state index in [4.69, 9.17) is 16.3 Å². The Morgan fingerprint density at radius 3 is 2.93 bits per heavy atom. The van der Waals surface area contributed by atoms with E-state index in [1.165, 1.54) is 16.0 Å². The molecule has 0 radical (unpaired) electrons. The minimum absolute atomic E-state index is 0.00798. The van der Waals surface area contributed by atoms with Crippen molar-refractivity contribution in [2.45, 2.75) is 39.7 Å². The van der Waals surface area contributed by atoms with E-state index in [1.54, 1.807) is 29.5 Å². The number of fused-ring (bicyclic) bond motifs is 3. The highest BCUT2D eigenvalue weighted by Crippen LogP contribution is 2.71. The van der Waals surface area contributed by atoms with Crippen molar-refractivity contribution in [2.24, 2.45) is 11.3 Å². The van der Waals surface area contributed by atoms with Crippen LogP contribution in [-0.4, -0.2) is 19.2 Å². The quantitative estimate of drug-likeness (QED) is 0.707. The molecular formula is C21H23ClFNO2S. The Labute approximate surface area is 167 Å². The van der Waals surface area contributed by atoms with Crippen LogP contribution in [0, 0.1) is 18.3 Å². The van der Waals surface area contributed by atoms with Gasteiger partial charge in [-0.25, -0.2) is 4.39 Å². The first-order chi connectivity index (χ1) is 12.8. The van der Waals surface area contributed by atoms with Gasteiger partial charge in [-0.15, -0.1) is 11.3 Å². The Bertz CT molecular complexity index is 908. The van der Waals surface area contributed by atoms with E-state index in [1.807, 2.05) is 0 Å². The zero-order valence-corrected chi connectivity index (χ0v) is 17.3. The van der Waals surface area contributed by atoms with Gasteiger partial charge >= 0.3 is 0 Å². The molecule has 6 heteroatoms. The number of nitrogens with one attached hydrogen (secondary N) is 1. The number of carbonyl (C=O) groups is 1. The third-order valence-electron chi connectivity index (χ3n) is 6.04. The van der Waals surface area contributed by atoms with Gasteiger partial charge in [-0.2, -0.15) is 0 Å². The zero-order valence-electron chi connectivity index (χ0n) is 15.7. The molecule has 2 aliphatic rings. The lowest BCUT2D eigenvalue weighted by atomic mass is 9.95. The Balaban J connectivity index is 1.44. The van der Waals surface area contributed by atoms with Gasteiger partial charge in [0.2, 0.25) is 0 Å². The molecule has 1 heterocycles. The van der Waals surface area contributed by atoms with Gasteiger partial charge in [0.15, 0.2) is 0 Å². The van der Waals surface area contributed by atoms with Gasteiger partial charge in [-0.1, -0.05) is 31.5 Å². The maximum Gasteiger partial charge on any atom is 0.261 e. The molecule has 0 spiro atoms. The van der Waals surface area contributed by atoms with Crippen LogP contribution < -0.4 is 10.1 Å². The highest BCUT2D eigenvalue weighted by molar-refractivity contribution is 7.14. The van der Waals surface area contributed by atoms with Crippen LogP contribution in [0.1, 0.15) is 51.0 Å². The maximum absolute atomic E-state index is 12.8. The van der Waals surface area contributed by atoms with Crippen molar-refractivity contribution < 1.29 is 13.9 Å². The van der Waals surface area contributed by atoms with Crippen LogP contribution in [0.2, 0.25) is 5.02 Å².